The smallest absolute Gasteiger partial charge is 0.0289 e. The zero-order chi connectivity index (χ0) is 13.2. The zero-order valence-electron chi connectivity index (χ0n) is 11.8. The van der Waals surface area contributed by atoms with E-state index in [0.29, 0.717) is 0 Å². The Labute approximate surface area is 111 Å². The monoisotopic (exact) mass is 238 g/mol. The van der Waals surface area contributed by atoms with Crippen molar-refractivity contribution in [1.29, 1.82) is 0 Å². The normalized spacial score (nSPS) is 23.7. The summed E-state index contributed by atoms with van der Waals surface area (Å²) in [6, 6.07) is 10.7. The van der Waals surface area contributed by atoms with Crippen LogP contribution in [0, 0.1) is 5.41 Å². The minimum absolute atomic E-state index is 0.00917. The standard InChI is InChI=1S/C18H22/c1-17(2,3)15-11-8-13-18(4,14-12-15)16-9-6-5-7-10-16/h5-14H,1-4H3. The van der Waals surface area contributed by atoms with Gasteiger partial charge in [-0.25, -0.2) is 0 Å². The SMILES string of the molecule is CC(C)(C)C1=CC=CC(C)(c2ccccc2)C=C1. The van der Waals surface area contributed by atoms with Crippen LogP contribution in [0.2, 0.25) is 0 Å². The third-order valence-corrected chi connectivity index (χ3v) is 3.59. The fraction of sp³-hybridized carbons (Fsp3) is 0.333. The Hall–Kier alpha value is -1.56. The molecule has 18 heavy (non-hydrogen) atoms. The molecule has 0 aromatic heterocycles. The van der Waals surface area contributed by atoms with Gasteiger partial charge in [-0.05, 0) is 23.5 Å². The lowest BCUT2D eigenvalue weighted by Gasteiger charge is -2.23. The van der Waals surface area contributed by atoms with Crippen LogP contribution in [-0.4, -0.2) is 0 Å². The highest BCUT2D eigenvalue weighted by molar-refractivity contribution is 5.43. The van der Waals surface area contributed by atoms with Gasteiger partial charge in [0.2, 0.25) is 0 Å². The summed E-state index contributed by atoms with van der Waals surface area (Å²) in [5.41, 5.74) is 2.90. The van der Waals surface area contributed by atoms with E-state index >= 15 is 0 Å². The van der Waals surface area contributed by atoms with Crippen LogP contribution in [0.15, 0.2) is 66.3 Å². The molecule has 0 fully saturated rings. The quantitative estimate of drug-likeness (QED) is 0.642. The van der Waals surface area contributed by atoms with E-state index in [2.05, 4.69) is 88.4 Å². The lowest BCUT2D eigenvalue weighted by atomic mass is 9.81. The van der Waals surface area contributed by atoms with Gasteiger partial charge in [0.05, 0.1) is 0 Å². The van der Waals surface area contributed by atoms with Crippen LogP contribution < -0.4 is 0 Å². The third-order valence-electron chi connectivity index (χ3n) is 3.59. The van der Waals surface area contributed by atoms with Crippen molar-refractivity contribution in [1.82, 2.24) is 0 Å². The van der Waals surface area contributed by atoms with Crippen molar-refractivity contribution in [3.63, 3.8) is 0 Å². The largest absolute Gasteiger partial charge is 0.0704 e. The predicted molar refractivity (Wildman–Crippen MR) is 79.6 cm³/mol. The molecule has 1 aliphatic carbocycles. The van der Waals surface area contributed by atoms with E-state index in [1.165, 1.54) is 11.1 Å². The van der Waals surface area contributed by atoms with Gasteiger partial charge in [0.25, 0.3) is 0 Å². The molecule has 0 spiro atoms. The summed E-state index contributed by atoms with van der Waals surface area (Å²) in [7, 11) is 0. The molecule has 1 aromatic rings. The molecule has 1 unspecified atom stereocenters. The molecule has 0 heteroatoms. The van der Waals surface area contributed by atoms with Gasteiger partial charge in [-0.3, -0.25) is 0 Å². The highest BCUT2D eigenvalue weighted by Gasteiger charge is 2.23. The molecule has 0 aliphatic heterocycles. The van der Waals surface area contributed by atoms with Gasteiger partial charge in [0, 0.05) is 5.41 Å². The molecule has 0 saturated heterocycles. The average molecular weight is 238 g/mol. The maximum absolute atomic E-state index is 2.31. The Morgan fingerprint density at radius 3 is 2.22 bits per heavy atom. The van der Waals surface area contributed by atoms with Gasteiger partial charge in [0.15, 0.2) is 0 Å². The molecule has 1 atom stereocenters. The van der Waals surface area contributed by atoms with E-state index < -0.39 is 0 Å². The molecule has 94 valence electrons. The van der Waals surface area contributed by atoms with Crippen LogP contribution in [0.5, 0.6) is 0 Å². The summed E-state index contributed by atoms with van der Waals surface area (Å²) < 4.78 is 0. The molecule has 2 rings (SSSR count). The van der Waals surface area contributed by atoms with Crippen molar-refractivity contribution < 1.29 is 0 Å². The molecular formula is C18H22. The van der Waals surface area contributed by atoms with E-state index in [4.69, 9.17) is 0 Å². The van der Waals surface area contributed by atoms with Crippen molar-refractivity contribution in [2.75, 3.05) is 0 Å². The molecule has 0 radical (unpaired) electrons. The number of allylic oxidation sites excluding steroid dienone is 6. The number of hydrogen-bond acceptors (Lipinski definition) is 0. The second-order valence-corrected chi connectivity index (χ2v) is 6.21. The van der Waals surface area contributed by atoms with Gasteiger partial charge < -0.3 is 0 Å². The molecule has 1 aliphatic rings. The lowest BCUT2D eigenvalue weighted by molar-refractivity contribution is 0.517. The first-order valence-corrected chi connectivity index (χ1v) is 6.57. The summed E-state index contributed by atoms with van der Waals surface area (Å²) in [5.74, 6) is 0. The highest BCUT2D eigenvalue weighted by Crippen LogP contribution is 2.33. The molecule has 0 amide bonds. The molecule has 1 aromatic carbocycles. The van der Waals surface area contributed by atoms with Crippen molar-refractivity contribution in [3.05, 3.63) is 71.8 Å². The van der Waals surface area contributed by atoms with E-state index in [9.17, 15) is 0 Å². The summed E-state index contributed by atoms with van der Waals surface area (Å²) in [6.45, 7) is 9.02. The van der Waals surface area contributed by atoms with Gasteiger partial charge >= 0.3 is 0 Å². The molecule has 0 bridgehead atoms. The fourth-order valence-corrected chi connectivity index (χ4v) is 2.22. The minimum atomic E-state index is -0.00917. The summed E-state index contributed by atoms with van der Waals surface area (Å²) in [4.78, 5) is 0. The first-order chi connectivity index (χ1) is 8.42. The van der Waals surface area contributed by atoms with Crippen molar-refractivity contribution in [2.45, 2.75) is 33.1 Å². The molecule has 0 nitrogen and oxygen atoms in total. The van der Waals surface area contributed by atoms with Crippen molar-refractivity contribution in [3.8, 4) is 0 Å². The second-order valence-electron chi connectivity index (χ2n) is 6.21. The van der Waals surface area contributed by atoms with Gasteiger partial charge in [0.1, 0.15) is 0 Å². The molecular weight excluding hydrogens is 216 g/mol. The van der Waals surface area contributed by atoms with E-state index in [-0.39, 0.29) is 10.8 Å². The average Bonchev–Trinajstić information content (AvgIpc) is 2.53. The Balaban J connectivity index is 2.36. The summed E-state index contributed by atoms with van der Waals surface area (Å²) in [6.07, 6.45) is 11.3. The van der Waals surface area contributed by atoms with E-state index in [1.54, 1.807) is 0 Å². The van der Waals surface area contributed by atoms with Gasteiger partial charge in [-0.15, -0.1) is 0 Å². The summed E-state index contributed by atoms with van der Waals surface area (Å²) >= 11 is 0. The zero-order valence-corrected chi connectivity index (χ0v) is 11.8. The predicted octanol–water partition coefficient (Wildman–Crippen LogP) is 5.04. The highest BCUT2D eigenvalue weighted by atomic mass is 14.3. The lowest BCUT2D eigenvalue weighted by Crippen LogP contribution is -2.15. The van der Waals surface area contributed by atoms with Crippen LogP contribution in [0.25, 0.3) is 0 Å². The van der Waals surface area contributed by atoms with Crippen LogP contribution in [0.3, 0.4) is 0 Å². The molecule has 0 heterocycles. The molecule has 0 N–H and O–H groups in total. The van der Waals surface area contributed by atoms with E-state index in [1.807, 2.05) is 0 Å². The molecule has 0 saturated carbocycles. The fourth-order valence-electron chi connectivity index (χ4n) is 2.22. The number of benzene rings is 1. The Kier molecular flexibility index (Phi) is 3.30. The topological polar surface area (TPSA) is 0 Å². The number of hydrogen-bond donors (Lipinski definition) is 0. The number of rotatable bonds is 1. The Morgan fingerprint density at radius 1 is 0.944 bits per heavy atom. The first-order valence-electron chi connectivity index (χ1n) is 6.57. The minimum Gasteiger partial charge on any atom is -0.0704 e. The maximum atomic E-state index is 2.31. The van der Waals surface area contributed by atoms with Crippen molar-refractivity contribution in [2.24, 2.45) is 5.41 Å². The van der Waals surface area contributed by atoms with Crippen LogP contribution in [0.4, 0.5) is 0 Å². The van der Waals surface area contributed by atoms with Crippen molar-refractivity contribution >= 4 is 0 Å². The third kappa shape index (κ3) is 2.64. The van der Waals surface area contributed by atoms with Crippen LogP contribution >= 0.6 is 0 Å². The summed E-state index contributed by atoms with van der Waals surface area (Å²) in [5, 5.41) is 0. The maximum Gasteiger partial charge on any atom is 0.0289 e. The van der Waals surface area contributed by atoms with E-state index in [0.717, 1.165) is 0 Å². The van der Waals surface area contributed by atoms with Gasteiger partial charge in [-0.1, -0.05) is 81.5 Å². The first kappa shape index (κ1) is 12.9. The Bertz CT molecular complexity index is 495. The van der Waals surface area contributed by atoms with Gasteiger partial charge in [-0.2, -0.15) is 0 Å². The van der Waals surface area contributed by atoms with Crippen LogP contribution in [-0.2, 0) is 5.41 Å². The van der Waals surface area contributed by atoms with Crippen LogP contribution in [0.1, 0.15) is 33.3 Å². The second kappa shape index (κ2) is 4.61. The Morgan fingerprint density at radius 2 is 1.61 bits per heavy atom.